The van der Waals surface area contributed by atoms with Crippen LogP contribution < -0.4 is 10.2 Å². The average molecular weight is 278 g/mol. The van der Waals surface area contributed by atoms with E-state index in [0.29, 0.717) is 12.8 Å². The van der Waals surface area contributed by atoms with Crippen molar-refractivity contribution in [2.75, 3.05) is 26.1 Å². The zero-order chi connectivity index (χ0) is 15.1. The first kappa shape index (κ1) is 16.0. The third-order valence-electron chi connectivity index (χ3n) is 3.03. The molecule has 1 unspecified atom stereocenters. The number of nitrogens with one attached hydrogen (secondary N) is 1. The van der Waals surface area contributed by atoms with Gasteiger partial charge in [-0.3, -0.25) is 4.79 Å². The van der Waals surface area contributed by atoms with E-state index in [1.165, 1.54) is 7.11 Å². The smallest absolute Gasteiger partial charge is 0.328 e. The molecule has 5 heteroatoms. The van der Waals surface area contributed by atoms with Crippen LogP contribution in [-0.4, -0.2) is 39.1 Å². The minimum atomic E-state index is -0.608. The predicted molar refractivity (Wildman–Crippen MR) is 78.7 cm³/mol. The van der Waals surface area contributed by atoms with E-state index >= 15 is 0 Å². The van der Waals surface area contributed by atoms with Crippen LogP contribution in [0.1, 0.15) is 18.9 Å². The van der Waals surface area contributed by atoms with Crippen LogP contribution in [0.15, 0.2) is 24.3 Å². The number of amides is 1. The van der Waals surface area contributed by atoms with Crippen molar-refractivity contribution in [3.8, 4) is 0 Å². The fourth-order valence-electron chi connectivity index (χ4n) is 1.77. The maximum absolute atomic E-state index is 11.7. The largest absolute Gasteiger partial charge is 0.467 e. The van der Waals surface area contributed by atoms with Crippen LogP contribution in [0, 0.1) is 0 Å². The summed E-state index contributed by atoms with van der Waals surface area (Å²) in [5.74, 6) is -0.590. The minimum Gasteiger partial charge on any atom is -0.467 e. The number of benzene rings is 1. The number of anilines is 1. The Balaban J connectivity index is 2.43. The summed E-state index contributed by atoms with van der Waals surface area (Å²) >= 11 is 0. The molecule has 1 rings (SSSR count). The Labute approximate surface area is 119 Å². The Morgan fingerprint density at radius 1 is 1.25 bits per heavy atom. The number of carbonyl (C=O) groups excluding carboxylic acids is 2. The van der Waals surface area contributed by atoms with Gasteiger partial charge in [0.2, 0.25) is 5.91 Å². The van der Waals surface area contributed by atoms with Crippen molar-refractivity contribution in [2.45, 2.75) is 25.8 Å². The van der Waals surface area contributed by atoms with Gasteiger partial charge in [-0.05, 0) is 31.0 Å². The highest BCUT2D eigenvalue weighted by atomic mass is 16.5. The Morgan fingerprint density at radius 3 is 2.35 bits per heavy atom. The maximum atomic E-state index is 11.7. The van der Waals surface area contributed by atoms with Gasteiger partial charge in [-0.2, -0.15) is 0 Å². The normalized spacial score (nSPS) is 11.6. The first-order chi connectivity index (χ1) is 9.43. The van der Waals surface area contributed by atoms with Gasteiger partial charge in [0.05, 0.1) is 7.11 Å². The van der Waals surface area contributed by atoms with E-state index < -0.39 is 12.0 Å². The van der Waals surface area contributed by atoms with Crippen LogP contribution in [0.3, 0.4) is 0 Å². The molecule has 0 spiro atoms. The third kappa shape index (κ3) is 4.91. The van der Waals surface area contributed by atoms with Crippen molar-refractivity contribution in [3.63, 3.8) is 0 Å². The number of rotatable bonds is 6. The SMILES string of the molecule is COC(=O)C(C)NC(=O)CCc1ccc(N(C)C)cc1. The molecule has 0 aliphatic heterocycles. The lowest BCUT2D eigenvalue weighted by Crippen LogP contribution is -2.39. The lowest BCUT2D eigenvalue weighted by Gasteiger charge is -2.13. The fraction of sp³-hybridized carbons (Fsp3) is 0.467. The average Bonchev–Trinajstić information content (AvgIpc) is 2.44. The van der Waals surface area contributed by atoms with Crippen molar-refractivity contribution in [1.82, 2.24) is 5.32 Å². The quantitative estimate of drug-likeness (QED) is 0.798. The van der Waals surface area contributed by atoms with Gasteiger partial charge < -0.3 is 15.0 Å². The fourth-order valence-corrected chi connectivity index (χ4v) is 1.77. The first-order valence-electron chi connectivity index (χ1n) is 6.57. The molecule has 1 aromatic rings. The van der Waals surface area contributed by atoms with Gasteiger partial charge in [-0.15, -0.1) is 0 Å². The Bertz CT molecular complexity index is 455. The molecule has 110 valence electrons. The molecule has 0 aliphatic carbocycles. The van der Waals surface area contributed by atoms with Crippen molar-refractivity contribution >= 4 is 17.6 Å². The highest BCUT2D eigenvalue weighted by molar-refractivity contribution is 5.84. The van der Waals surface area contributed by atoms with Gasteiger partial charge in [0.1, 0.15) is 6.04 Å². The molecule has 1 atom stereocenters. The van der Waals surface area contributed by atoms with Crippen molar-refractivity contribution in [2.24, 2.45) is 0 Å². The van der Waals surface area contributed by atoms with E-state index in [-0.39, 0.29) is 5.91 Å². The highest BCUT2D eigenvalue weighted by Gasteiger charge is 2.15. The maximum Gasteiger partial charge on any atom is 0.328 e. The van der Waals surface area contributed by atoms with Crippen molar-refractivity contribution in [3.05, 3.63) is 29.8 Å². The lowest BCUT2D eigenvalue weighted by atomic mass is 10.1. The second-order valence-electron chi connectivity index (χ2n) is 4.87. The molecule has 0 aromatic heterocycles. The van der Waals surface area contributed by atoms with E-state index in [2.05, 4.69) is 10.1 Å². The molecule has 5 nitrogen and oxygen atoms in total. The van der Waals surface area contributed by atoms with Crippen molar-refractivity contribution < 1.29 is 14.3 Å². The van der Waals surface area contributed by atoms with Gasteiger partial charge in [-0.1, -0.05) is 12.1 Å². The zero-order valence-corrected chi connectivity index (χ0v) is 12.5. The lowest BCUT2D eigenvalue weighted by molar-refractivity contribution is -0.144. The van der Waals surface area contributed by atoms with E-state index in [0.717, 1.165) is 11.3 Å². The summed E-state index contributed by atoms with van der Waals surface area (Å²) in [5, 5.41) is 2.61. The molecule has 1 amide bonds. The summed E-state index contributed by atoms with van der Waals surface area (Å²) in [6, 6.07) is 7.44. The van der Waals surface area contributed by atoms with Gasteiger partial charge in [0.25, 0.3) is 0 Å². The topological polar surface area (TPSA) is 58.6 Å². The first-order valence-corrected chi connectivity index (χ1v) is 6.57. The third-order valence-corrected chi connectivity index (χ3v) is 3.03. The van der Waals surface area contributed by atoms with E-state index in [4.69, 9.17) is 0 Å². The number of hydrogen-bond donors (Lipinski definition) is 1. The molecule has 0 heterocycles. The number of methoxy groups -OCH3 is 1. The Kier molecular flexibility index (Phi) is 6.03. The predicted octanol–water partition coefficient (Wildman–Crippen LogP) is 1.36. The summed E-state index contributed by atoms with van der Waals surface area (Å²) in [6.07, 6.45) is 0.996. The summed E-state index contributed by atoms with van der Waals surface area (Å²) in [5.41, 5.74) is 2.22. The van der Waals surface area contributed by atoms with Crippen LogP contribution in [-0.2, 0) is 20.7 Å². The summed E-state index contributed by atoms with van der Waals surface area (Å²) in [7, 11) is 5.27. The number of aryl methyl sites for hydroxylation is 1. The van der Waals surface area contributed by atoms with Gasteiger partial charge in [0, 0.05) is 26.2 Å². The number of carbonyl (C=O) groups is 2. The summed E-state index contributed by atoms with van der Waals surface area (Å²) in [4.78, 5) is 24.9. The van der Waals surface area contributed by atoms with E-state index in [1.54, 1.807) is 6.92 Å². The van der Waals surface area contributed by atoms with Gasteiger partial charge in [0.15, 0.2) is 0 Å². The number of esters is 1. The van der Waals surface area contributed by atoms with Crippen LogP contribution in [0.5, 0.6) is 0 Å². The van der Waals surface area contributed by atoms with Crippen LogP contribution in [0.4, 0.5) is 5.69 Å². The molecule has 0 bridgehead atoms. The molecule has 0 radical (unpaired) electrons. The van der Waals surface area contributed by atoms with Crippen LogP contribution in [0.25, 0.3) is 0 Å². The molecule has 20 heavy (non-hydrogen) atoms. The molecule has 0 saturated heterocycles. The molecule has 0 aliphatic rings. The second-order valence-corrected chi connectivity index (χ2v) is 4.87. The zero-order valence-electron chi connectivity index (χ0n) is 12.5. The summed E-state index contributed by atoms with van der Waals surface area (Å²) in [6.45, 7) is 1.61. The molecule has 0 saturated carbocycles. The number of hydrogen-bond acceptors (Lipinski definition) is 4. The minimum absolute atomic E-state index is 0.153. The molecule has 1 N–H and O–H groups in total. The highest BCUT2D eigenvalue weighted by Crippen LogP contribution is 2.13. The molecule has 1 aromatic carbocycles. The van der Waals surface area contributed by atoms with Crippen LogP contribution >= 0.6 is 0 Å². The molecule has 0 fully saturated rings. The summed E-state index contributed by atoms with van der Waals surface area (Å²) < 4.78 is 4.55. The standard InChI is InChI=1S/C15H22N2O3/c1-11(15(19)20-4)16-14(18)10-7-12-5-8-13(9-6-12)17(2)3/h5-6,8-9,11H,7,10H2,1-4H3,(H,16,18). The molecular weight excluding hydrogens is 256 g/mol. The monoisotopic (exact) mass is 278 g/mol. The number of nitrogens with zero attached hydrogens (tertiary/aromatic N) is 1. The molecular formula is C15H22N2O3. The van der Waals surface area contributed by atoms with E-state index in [1.807, 2.05) is 43.3 Å². The van der Waals surface area contributed by atoms with Gasteiger partial charge >= 0.3 is 5.97 Å². The van der Waals surface area contributed by atoms with Gasteiger partial charge in [-0.25, -0.2) is 4.79 Å². The van der Waals surface area contributed by atoms with Crippen LogP contribution in [0.2, 0.25) is 0 Å². The Morgan fingerprint density at radius 2 is 1.85 bits per heavy atom. The van der Waals surface area contributed by atoms with E-state index in [9.17, 15) is 9.59 Å². The van der Waals surface area contributed by atoms with Crippen molar-refractivity contribution in [1.29, 1.82) is 0 Å². The number of ether oxygens (including phenoxy) is 1. The second kappa shape index (κ2) is 7.53. The Hall–Kier alpha value is -2.04.